The number of nitrogens with zero attached hydrogens (tertiary/aromatic N) is 2. The van der Waals surface area contributed by atoms with E-state index in [-0.39, 0.29) is 24.3 Å². The molecule has 2 rings (SSSR count). The largest absolute Gasteiger partial charge is 0.379 e. The Bertz CT molecular complexity index is 547. The Kier molecular flexibility index (Phi) is 3.82. The van der Waals surface area contributed by atoms with Crippen molar-refractivity contribution < 1.29 is 19.6 Å². The van der Waals surface area contributed by atoms with Gasteiger partial charge in [0.1, 0.15) is 11.8 Å². The van der Waals surface area contributed by atoms with Crippen LogP contribution in [0.2, 0.25) is 0 Å². The van der Waals surface area contributed by atoms with Crippen molar-refractivity contribution in [3.05, 3.63) is 34.1 Å². The van der Waals surface area contributed by atoms with Gasteiger partial charge in [-0.3, -0.25) is 19.9 Å². The van der Waals surface area contributed by atoms with Crippen molar-refractivity contribution in [3.8, 4) is 0 Å². The number of Topliss-reactive ketones (excluding diaryl/α,β-unsaturated/α-hetero) is 1. The minimum atomic E-state index is -1.52. The standard InChI is InChI=1S/C13H16N2O5/c1-3-13(17)8(2)20-11(6-12(13)16)9-4-5-14-7-10(9)15(18)19/h4-5,7-8,11,17H,3,6H2,1-2H3/t8-,11-,13-/m1/s1. The monoisotopic (exact) mass is 280 g/mol. The van der Waals surface area contributed by atoms with Gasteiger partial charge in [-0.1, -0.05) is 6.92 Å². The predicted molar refractivity (Wildman–Crippen MR) is 69.0 cm³/mol. The van der Waals surface area contributed by atoms with Crippen LogP contribution in [-0.4, -0.2) is 32.5 Å². The van der Waals surface area contributed by atoms with Crippen molar-refractivity contribution >= 4 is 11.5 Å². The van der Waals surface area contributed by atoms with Crippen LogP contribution < -0.4 is 0 Å². The first-order valence-corrected chi connectivity index (χ1v) is 6.39. The second-order valence-electron chi connectivity index (χ2n) is 4.86. The Morgan fingerprint density at radius 2 is 2.35 bits per heavy atom. The molecule has 0 aromatic carbocycles. The fraction of sp³-hybridized carbons (Fsp3) is 0.538. The molecule has 1 saturated heterocycles. The van der Waals surface area contributed by atoms with E-state index in [4.69, 9.17) is 4.74 Å². The predicted octanol–water partition coefficient (Wildman–Crippen LogP) is 1.55. The van der Waals surface area contributed by atoms with Crippen molar-refractivity contribution in [2.75, 3.05) is 0 Å². The maximum absolute atomic E-state index is 12.1. The van der Waals surface area contributed by atoms with E-state index in [2.05, 4.69) is 4.98 Å². The Morgan fingerprint density at radius 3 is 2.90 bits per heavy atom. The van der Waals surface area contributed by atoms with Gasteiger partial charge < -0.3 is 9.84 Å². The van der Waals surface area contributed by atoms with E-state index in [0.717, 1.165) is 6.20 Å². The number of hydrogen-bond donors (Lipinski definition) is 1. The second kappa shape index (κ2) is 5.26. The average Bonchev–Trinajstić information content (AvgIpc) is 2.44. The molecule has 1 fully saturated rings. The van der Waals surface area contributed by atoms with Gasteiger partial charge in [0.15, 0.2) is 5.78 Å². The number of hydrogen-bond acceptors (Lipinski definition) is 6. The molecule has 0 unspecified atom stereocenters. The Balaban J connectivity index is 2.34. The Hall–Kier alpha value is -1.86. The van der Waals surface area contributed by atoms with Gasteiger partial charge in [-0.15, -0.1) is 0 Å². The van der Waals surface area contributed by atoms with Crippen LogP contribution in [0.4, 0.5) is 5.69 Å². The Labute approximate surface area is 115 Å². The lowest BCUT2D eigenvalue weighted by Gasteiger charge is -2.39. The van der Waals surface area contributed by atoms with Crippen LogP contribution in [0.1, 0.15) is 38.4 Å². The van der Waals surface area contributed by atoms with Gasteiger partial charge in [-0.05, 0) is 19.4 Å². The molecular formula is C13H16N2O5. The zero-order valence-corrected chi connectivity index (χ0v) is 11.3. The smallest absolute Gasteiger partial charge is 0.293 e. The van der Waals surface area contributed by atoms with Crippen LogP contribution in [-0.2, 0) is 9.53 Å². The summed E-state index contributed by atoms with van der Waals surface area (Å²) in [4.78, 5) is 26.3. The van der Waals surface area contributed by atoms with E-state index in [0.29, 0.717) is 5.56 Å². The van der Waals surface area contributed by atoms with Gasteiger partial charge in [-0.25, -0.2) is 0 Å². The van der Waals surface area contributed by atoms with Gasteiger partial charge in [0.25, 0.3) is 5.69 Å². The molecule has 2 heterocycles. The summed E-state index contributed by atoms with van der Waals surface area (Å²) in [5.41, 5.74) is -1.39. The molecule has 1 aromatic rings. The highest BCUT2D eigenvalue weighted by molar-refractivity contribution is 5.89. The molecule has 0 amide bonds. The highest BCUT2D eigenvalue weighted by atomic mass is 16.6. The summed E-state index contributed by atoms with van der Waals surface area (Å²) >= 11 is 0. The van der Waals surface area contributed by atoms with Crippen molar-refractivity contribution in [1.82, 2.24) is 4.98 Å². The SMILES string of the molecule is CC[C@]1(O)C(=O)C[C@H](c2ccncc2[N+](=O)[O-])O[C@@H]1C. The number of pyridine rings is 1. The lowest BCUT2D eigenvalue weighted by atomic mass is 9.82. The van der Waals surface area contributed by atoms with Crippen LogP contribution in [0.25, 0.3) is 0 Å². The number of ether oxygens (including phenoxy) is 1. The number of aromatic nitrogens is 1. The molecule has 7 nitrogen and oxygen atoms in total. The highest BCUT2D eigenvalue weighted by Gasteiger charge is 2.47. The number of rotatable bonds is 3. The third-order valence-electron chi connectivity index (χ3n) is 3.81. The zero-order valence-electron chi connectivity index (χ0n) is 11.3. The van der Waals surface area contributed by atoms with Gasteiger partial charge >= 0.3 is 0 Å². The quantitative estimate of drug-likeness (QED) is 0.665. The van der Waals surface area contributed by atoms with Gasteiger partial charge in [-0.2, -0.15) is 0 Å². The van der Waals surface area contributed by atoms with Crippen LogP contribution in [0.3, 0.4) is 0 Å². The molecule has 1 N–H and O–H groups in total. The summed E-state index contributed by atoms with van der Waals surface area (Å²) in [6.45, 7) is 3.30. The van der Waals surface area contributed by atoms with Gasteiger partial charge in [0.05, 0.1) is 22.7 Å². The maximum Gasteiger partial charge on any atom is 0.293 e. The molecule has 0 spiro atoms. The topological polar surface area (TPSA) is 103 Å². The van der Waals surface area contributed by atoms with E-state index < -0.39 is 22.7 Å². The van der Waals surface area contributed by atoms with Crippen molar-refractivity contribution in [3.63, 3.8) is 0 Å². The van der Waals surface area contributed by atoms with E-state index in [1.807, 2.05) is 0 Å². The number of carbonyl (C=O) groups is 1. The van der Waals surface area contributed by atoms with Crippen LogP contribution >= 0.6 is 0 Å². The molecule has 108 valence electrons. The molecule has 20 heavy (non-hydrogen) atoms. The lowest BCUT2D eigenvalue weighted by molar-refractivity contribution is -0.386. The van der Waals surface area contributed by atoms with Gasteiger partial charge in [0, 0.05) is 12.6 Å². The molecule has 0 radical (unpaired) electrons. The molecule has 0 saturated carbocycles. The van der Waals surface area contributed by atoms with E-state index in [1.165, 1.54) is 12.3 Å². The first-order chi connectivity index (χ1) is 9.40. The fourth-order valence-corrected chi connectivity index (χ4v) is 2.47. The molecule has 0 bridgehead atoms. The molecule has 1 aliphatic heterocycles. The summed E-state index contributed by atoms with van der Waals surface area (Å²) < 4.78 is 5.64. The molecule has 1 aliphatic rings. The number of ketones is 1. The maximum atomic E-state index is 12.1. The van der Waals surface area contributed by atoms with Crippen LogP contribution in [0.15, 0.2) is 18.5 Å². The first kappa shape index (κ1) is 14.5. The third kappa shape index (κ3) is 2.30. The first-order valence-electron chi connectivity index (χ1n) is 6.39. The second-order valence-corrected chi connectivity index (χ2v) is 4.86. The van der Waals surface area contributed by atoms with Crippen molar-refractivity contribution in [1.29, 1.82) is 0 Å². The van der Waals surface area contributed by atoms with E-state index >= 15 is 0 Å². The third-order valence-corrected chi connectivity index (χ3v) is 3.81. The molecular weight excluding hydrogens is 264 g/mol. The summed E-state index contributed by atoms with van der Waals surface area (Å²) in [6.07, 6.45) is 1.27. The minimum Gasteiger partial charge on any atom is -0.379 e. The molecule has 1 aromatic heterocycles. The van der Waals surface area contributed by atoms with Crippen molar-refractivity contribution in [2.45, 2.75) is 44.5 Å². The number of nitro groups is 1. The minimum absolute atomic E-state index is 0.0838. The Morgan fingerprint density at radius 1 is 1.65 bits per heavy atom. The molecule has 0 aliphatic carbocycles. The summed E-state index contributed by atoms with van der Waals surface area (Å²) in [6, 6.07) is 1.47. The molecule has 3 atom stereocenters. The number of carbonyl (C=O) groups excluding carboxylic acids is 1. The lowest BCUT2D eigenvalue weighted by Crippen LogP contribution is -2.53. The number of aliphatic hydroxyl groups is 1. The normalized spacial score (nSPS) is 30.2. The van der Waals surface area contributed by atoms with Gasteiger partial charge in [0.2, 0.25) is 0 Å². The molecule has 7 heteroatoms. The van der Waals surface area contributed by atoms with E-state index in [9.17, 15) is 20.0 Å². The van der Waals surface area contributed by atoms with E-state index in [1.54, 1.807) is 13.8 Å². The van der Waals surface area contributed by atoms with Crippen LogP contribution in [0, 0.1) is 10.1 Å². The summed E-state index contributed by atoms with van der Waals surface area (Å²) in [5, 5.41) is 21.2. The van der Waals surface area contributed by atoms with Crippen molar-refractivity contribution in [2.24, 2.45) is 0 Å². The highest BCUT2D eigenvalue weighted by Crippen LogP contribution is 2.38. The summed E-state index contributed by atoms with van der Waals surface area (Å²) in [5.74, 6) is -0.352. The average molecular weight is 280 g/mol. The summed E-state index contributed by atoms with van der Waals surface area (Å²) in [7, 11) is 0. The fourth-order valence-electron chi connectivity index (χ4n) is 2.47. The van der Waals surface area contributed by atoms with Crippen LogP contribution in [0.5, 0.6) is 0 Å². The zero-order chi connectivity index (χ0) is 14.9.